The number of benzene rings is 1. The van der Waals surface area contributed by atoms with Crippen molar-refractivity contribution in [2.45, 2.75) is 71.9 Å². The Morgan fingerprint density at radius 1 is 1.03 bits per heavy atom. The van der Waals surface area contributed by atoms with Crippen molar-refractivity contribution >= 4 is 17.7 Å². The van der Waals surface area contributed by atoms with E-state index in [0.717, 1.165) is 0 Å². The van der Waals surface area contributed by atoms with Gasteiger partial charge in [-0.15, -0.1) is 0 Å². The number of aliphatic hydroxyl groups excluding tert-OH is 1. The molecule has 7 nitrogen and oxygen atoms in total. The van der Waals surface area contributed by atoms with Crippen molar-refractivity contribution < 1.29 is 34.1 Å². The molecule has 2 saturated carbocycles. The minimum Gasteiger partial charge on any atom is -0.454 e. The first-order valence-corrected chi connectivity index (χ1v) is 13.5. The molecule has 5 rings (SSSR count). The lowest BCUT2D eigenvalue weighted by Gasteiger charge is -2.52. The summed E-state index contributed by atoms with van der Waals surface area (Å²) >= 11 is 0. The molecular formula is C31H38O7. The maximum absolute atomic E-state index is 13.4. The number of carbonyl (C=O) groups excluding carboxylic acids is 3. The lowest BCUT2D eigenvalue weighted by atomic mass is 9.59. The van der Waals surface area contributed by atoms with Crippen LogP contribution in [0.3, 0.4) is 0 Å². The van der Waals surface area contributed by atoms with Crippen LogP contribution in [0.25, 0.3) is 0 Å². The van der Waals surface area contributed by atoms with Gasteiger partial charge in [-0.25, -0.2) is 4.79 Å². The summed E-state index contributed by atoms with van der Waals surface area (Å²) in [5, 5.41) is 24.0. The summed E-state index contributed by atoms with van der Waals surface area (Å²) < 4.78 is 12.5. The number of rotatable bonds is 4. The molecule has 0 radical (unpaired) electrons. The molecule has 1 aromatic carbocycles. The van der Waals surface area contributed by atoms with Crippen LogP contribution in [0.4, 0.5) is 0 Å². The van der Waals surface area contributed by atoms with Crippen LogP contribution < -0.4 is 0 Å². The van der Waals surface area contributed by atoms with E-state index >= 15 is 0 Å². The Balaban J connectivity index is 1.69. The van der Waals surface area contributed by atoms with Gasteiger partial charge in [-0.1, -0.05) is 65.0 Å². The predicted molar refractivity (Wildman–Crippen MR) is 140 cm³/mol. The Bertz CT molecular complexity index is 1240. The number of hydrogen-bond acceptors (Lipinski definition) is 7. The Hall–Kier alpha value is -2.77. The summed E-state index contributed by atoms with van der Waals surface area (Å²) in [5.74, 6) is -4.76. The number of ether oxygens (including phenoxy) is 2. The number of carbonyl (C=O) groups is 3. The highest BCUT2D eigenvalue weighted by molar-refractivity contribution is 6.00. The average molecular weight is 523 g/mol. The molecule has 9 atom stereocenters. The van der Waals surface area contributed by atoms with E-state index < -0.39 is 76.3 Å². The Morgan fingerprint density at radius 3 is 2.26 bits per heavy atom. The standard InChI is InChI=1S/C31H38O7/c1-15(2)27(34)38-31-25(29(31,6)7)21-14-17(4)24(33)22-20(13-16(3)23(22)32)30(21,36)18(5)26(31)37-28(35)19-11-9-8-10-12-19/h8-15,18,20-22,24-26,33,36H,1-7H3/t18-,20-,21+,22-,24-,25-,26-,30+,31-/m1/s1. The van der Waals surface area contributed by atoms with Crippen LogP contribution in [0, 0.1) is 40.9 Å². The third-order valence-corrected chi connectivity index (χ3v) is 9.94. The van der Waals surface area contributed by atoms with Gasteiger partial charge in [-0.2, -0.15) is 0 Å². The second-order valence-corrected chi connectivity index (χ2v) is 12.6. The lowest BCUT2D eigenvalue weighted by molar-refractivity contribution is -0.211. The zero-order chi connectivity index (χ0) is 27.9. The first-order valence-electron chi connectivity index (χ1n) is 13.5. The number of fused-ring (bicyclic) bond motifs is 5. The van der Waals surface area contributed by atoms with Crippen molar-refractivity contribution in [3.8, 4) is 0 Å². The van der Waals surface area contributed by atoms with E-state index in [4.69, 9.17) is 9.47 Å². The van der Waals surface area contributed by atoms with Gasteiger partial charge in [0, 0.05) is 29.1 Å². The molecule has 0 saturated heterocycles. The quantitative estimate of drug-likeness (QED) is 0.456. The van der Waals surface area contributed by atoms with Gasteiger partial charge in [0.15, 0.2) is 11.4 Å². The van der Waals surface area contributed by atoms with Gasteiger partial charge in [-0.05, 0) is 37.1 Å². The minimum absolute atomic E-state index is 0.188. The molecule has 2 fully saturated rings. The Kier molecular flexibility index (Phi) is 6.08. The van der Waals surface area contributed by atoms with Gasteiger partial charge in [0.05, 0.1) is 29.1 Å². The van der Waals surface area contributed by atoms with Crippen molar-refractivity contribution in [1.82, 2.24) is 0 Å². The highest BCUT2D eigenvalue weighted by Crippen LogP contribution is 2.77. The summed E-state index contributed by atoms with van der Waals surface area (Å²) in [6, 6.07) is 8.59. The molecule has 2 N–H and O–H groups in total. The van der Waals surface area contributed by atoms with Crippen molar-refractivity contribution in [1.29, 1.82) is 0 Å². The SMILES string of the molecule is CC1=C[C@@H]2[C@H](C1=O)[C@H](O)C(C)=C[C@H]1[C@@H]3C(C)(C)[C@]3(OC(=O)C(C)C)[C@H](OC(=O)c3ccccc3)[C@@H](C)[C@]21O. The monoisotopic (exact) mass is 522 g/mol. The average Bonchev–Trinajstić information content (AvgIpc) is 3.22. The molecule has 204 valence electrons. The molecule has 1 aromatic rings. The number of allylic oxidation sites excluding steroid dienone is 1. The molecule has 4 aliphatic carbocycles. The molecular weight excluding hydrogens is 484 g/mol. The van der Waals surface area contributed by atoms with Crippen LogP contribution in [0.2, 0.25) is 0 Å². The zero-order valence-corrected chi connectivity index (χ0v) is 23.1. The van der Waals surface area contributed by atoms with Gasteiger partial charge < -0.3 is 19.7 Å². The number of Topliss-reactive ketones (excluding diaryl/α,β-unsaturated/α-hetero) is 1. The molecule has 0 aromatic heterocycles. The van der Waals surface area contributed by atoms with Crippen molar-refractivity contribution in [2.24, 2.45) is 40.9 Å². The fourth-order valence-corrected chi connectivity index (χ4v) is 7.79. The number of ketones is 1. The van der Waals surface area contributed by atoms with E-state index in [0.29, 0.717) is 16.7 Å². The van der Waals surface area contributed by atoms with Crippen LogP contribution in [-0.4, -0.2) is 51.3 Å². The smallest absolute Gasteiger partial charge is 0.338 e. The molecule has 7 heteroatoms. The van der Waals surface area contributed by atoms with Crippen LogP contribution in [0.1, 0.15) is 58.8 Å². The second-order valence-electron chi connectivity index (χ2n) is 12.6. The molecule has 4 aliphatic rings. The van der Waals surface area contributed by atoms with Crippen molar-refractivity contribution in [3.63, 3.8) is 0 Å². The van der Waals surface area contributed by atoms with Crippen LogP contribution in [0.5, 0.6) is 0 Å². The van der Waals surface area contributed by atoms with E-state index in [1.54, 1.807) is 71.0 Å². The van der Waals surface area contributed by atoms with E-state index in [9.17, 15) is 24.6 Å². The maximum Gasteiger partial charge on any atom is 0.338 e. The zero-order valence-electron chi connectivity index (χ0n) is 23.1. The van der Waals surface area contributed by atoms with Crippen molar-refractivity contribution in [2.75, 3.05) is 0 Å². The topological polar surface area (TPSA) is 110 Å². The molecule has 0 spiro atoms. The van der Waals surface area contributed by atoms with Crippen molar-refractivity contribution in [3.05, 3.63) is 59.2 Å². The van der Waals surface area contributed by atoms with E-state index in [1.165, 1.54) is 0 Å². The highest BCUT2D eigenvalue weighted by Gasteiger charge is 2.87. The Morgan fingerprint density at radius 2 is 1.66 bits per heavy atom. The molecule has 0 bridgehead atoms. The first-order chi connectivity index (χ1) is 17.7. The molecule has 0 heterocycles. The summed E-state index contributed by atoms with van der Waals surface area (Å²) in [7, 11) is 0. The van der Waals surface area contributed by atoms with Crippen LogP contribution in [-0.2, 0) is 19.1 Å². The third kappa shape index (κ3) is 3.37. The molecule has 0 aliphatic heterocycles. The third-order valence-electron chi connectivity index (χ3n) is 9.94. The lowest BCUT2D eigenvalue weighted by Crippen LogP contribution is -2.64. The molecule has 0 amide bonds. The van der Waals surface area contributed by atoms with Gasteiger partial charge in [0.25, 0.3) is 0 Å². The predicted octanol–water partition coefficient (Wildman–Crippen LogP) is 3.89. The summed E-state index contributed by atoms with van der Waals surface area (Å²) in [4.78, 5) is 39.7. The van der Waals surface area contributed by atoms with Gasteiger partial charge in [0.2, 0.25) is 0 Å². The minimum atomic E-state index is -1.54. The summed E-state index contributed by atoms with van der Waals surface area (Å²) in [6.07, 6.45) is 1.60. The van der Waals surface area contributed by atoms with Gasteiger partial charge in [0.1, 0.15) is 6.10 Å². The maximum atomic E-state index is 13.4. The fourth-order valence-electron chi connectivity index (χ4n) is 7.79. The van der Waals surface area contributed by atoms with E-state index in [-0.39, 0.29) is 5.78 Å². The summed E-state index contributed by atoms with van der Waals surface area (Å²) in [6.45, 7) is 12.7. The normalized spacial score (nSPS) is 40.7. The summed E-state index contributed by atoms with van der Waals surface area (Å²) in [5.41, 5.74) is -1.92. The second kappa shape index (κ2) is 8.62. The van der Waals surface area contributed by atoms with Crippen LogP contribution in [0.15, 0.2) is 53.6 Å². The number of aliphatic hydroxyl groups is 2. The van der Waals surface area contributed by atoms with Crippen LogP contribution >= 0.6 is 0 Å². The largest absolute Gasteiger partial charge is 0.454 e. The van der Waals surface area contributed by atoms with Gasteiger partial charge in [-0.3, -0.25) is 9.59 Å². The number of hydrogen-bond donors (Lipinski definition) is 2. The molecule has 0 unspecified atom stereocenters. The number of esters is 2. The van der Waals surface area contributed by atoms with E-state index in [2.05, 4.69) is 0 Å². The highest BCUT2D eigenvalue weighted by atomic mass is 16.6. The first kappa shape index (κ1) is 26.8. The fraction of sp³-hybridized carbons (Fsp3) is 0.581. The van der Waals surface area contributed by atoms with E-state index in [1.807, 2.05) is 19.9 Å². The molecule has 38 heavy (non-hydrogen) atoms. The van der Waals surface area contributed by atoms with Gasteiger partial charge >= 0.3 is 11.9 Å². The Labute approximate surface area is 223 Å².